The first-order chi connectivity index (χ1) is 9.41. The van der Waals surface area contributed by atoms with E-state index in [4.69, 9.17) is 4.74 Å². The third kappa shape index (κ3) is 3.40. The summed E-state index contributed by atoms with van der Waals surface area (Å²) in [6.07, 6.45) is 1.33. The maximum Gasteiger partial charge on any atom is 0.216 e. The Balaban J connectivity index is 2.17. The van der Waals surface area contributed by atoms with Crippen molar-refractivity contribution in [2.75, 3.05) is 27.3 Å². The molecule has 0 bridgehead atoms. The van der Waals surface area contributed by atoms with Crippen LogP contribution in [0.2, 0.25) is 0 Å². The molecule has 0 amide bonds. The molecule has 2 rings (SSSR count). The number of hydrogen-bond donors (Lipinski definition) is 0. The molecule has 5 heteroatoms. The minimum Gasteiger partial charge on any atom is -0.381 e. The molecule has 1 aromatic carbocycles. The van der Waals surface area contributed by atoms with E-state index in [1.54, 1.807) is 14.1 Å². The van der Waals surface area contributed by atoms with E-state index >= 15 is 0 Å². The van der Waals surface area contributed by atoms with Gasteiger partial charge in [0.1, 0.15) is 0 Å². The molecule has 20 heavy (non-hydrogen) atoms. The van der Waals surface area contributed by atoms with Crippen LogP contribution in [0.25, 0.3) is 0 Å². The van der Waals surface area contributed by atoms with E-state index < -0.39 is 10.0 Å². The molecule has 1 aromatic rings. The highest BCUT2D eigenvalue weighted by Gasteiger charge is 2.37. The van der Waals surface area contributed by atoms with Gasteiger partial charge in [-0.1, -0.05) is 29.8 Å². The van der Waals surface area contributed by atoms with Crippen molar-refractivity contribution >= 4 is 10.0 Å². The van der Waals surface area contributed by atoms with Gasteiger partial charge in [-0.2, -0.15) is 0 Å². The van der Waals surface area contributed by atoms with Crippen molar-refractivity contribution in [3.8, 4) is 0 Å². The molecule has 4 nitrogen and oxygen atoms in total. The van der Waals surface area contributed by atoms with Gasteiger partial charge in [0, 0.05) is 26.6 Å². The first kappa shape index (κ1) is 15.5. The summed E-state index contributed by atoms with van der Waals surface area (Å²) >= 11 is 0. The Bertz CT molecular complexity index is 537. The SMILES string of the molecule is Cc1ccc(C[C@H]2COCC[C@@H]2S(=O)(=O)N(C)C)cc1. The highest BCUT2D eigenvalue weighted by molar-refractivity contribution is 7.89. The molecule has 1 aliphatic heterocycles. The number of aryl methyl sites for hydroxylation is 1. The fraction of sp³-hybridized carbons (Fsp3) is 0.600. The molecule has 1 heterocycles. The van der Waals surface area contributed by atoms with Gasteiger partial charge in [0.25, 0.3) is 0 Å². The van der Waals surface area contributed by atoms with Crippen molar-refractivity contribution < 1.29 is 13.2 Å². The zero-order chi connectivity index (χ0) is 14.8. The van der Waals surface area contributed by atoms with Crippen LogP contribution in [-0.2, 0) is 21.2 Å². The summed E-state index contributed by atoms with van der Waals surface area (Å²) in [6, 6.07) is 8.27. The lowest BCUT2D eigenvalue weighted by molar-refractivity contribution is 0.0563. The van der Waals surface area contributed by atoms with Gasteiger partial charge >= 0.3 is 0 Å². The van der Waals surface area contributed by atoms with Crippen LogP contribution in [0.5, 0.6) is 0 Å². The van der Waals surface area contributed by atoms with Crippen LogP contribution in [0.4, 0.5) is 0 Å². The zero-order valence-corrected chi connectivity index (χ0v) is 13.2. The van der Waals surface area contributed by atoms with Gasteiger partial charge in [-0.05, 0) is 25.3 Å². The summed E-state index contributed by atoms with van der Waals surface area (Å²) in [4.78, 5) is 0. The van der Waals surface area contributed by atoms with Gasteiger partial charge in [0.05, 0.1) is 11.9 Å². The van der Waals surface area contributed by atoms with Gasteiger partial charge in [-0.15, -0.1) is 0 Å². The minimum atomic E-state index is -3.22. The molecule has 112 valence electrons. The van der Waals surface area contributed by atoms with Gasteiger partial charge < -0.3 is 4.74 Å². The quantitative estimate of drug-likeness (QED) is 0.852. The Labute approximate surface area is 121 Å². The normalized spacial score (nSPS) is 24.0. The zero-order valence-electron chi connectivity index (χ0n) is 12.4. The summed E-state index contributed by atoms with van der Waals surface area (Å²) in [5.41, 5.74) is 2.39. The minimum absolute atomic E-state index is 0.0267. The molecule has 0 radical (unpaired) electrons. The Morgan fingerprint density at radius 2 is 1.90 bits per heavy atom. The van der Waals surface area contributed by atoms with Gasteiger partial charge in [0.15, 0.2) is 0 Å². The molecule has 1 saturated heterocycles. The lowest BCUT2D eigenvalue weighted by atomic mass is 9.93. The first-order valence-electron chi connectivity index (χ1n) is 6.96. The topological polar surface area (TPSA) is 46.6 Å². The molecular weight excluding hydrogens is 274 g/mol. The summed E-state index contributed by atoms with van der Waals surface area (Å²) in [7, 11) is -0.0143. The number of nitrogens with zero attached hydrogens (tertiary/aromatic N) is 1. The third-order valence-corrected chi connectivity index (χ3v) is 6.32. The van der Waals surface area contributed by atoms with E-state index in [2.05, 4.69) is 24.3 Å². The van der Waals surface area contributed by atoms with Crippen LogP contribution < -0.4 is 0 Å². The lowest BCUT2D eigenvalue weighted by Gasteiger charge is -2.33. The van der Waals surface area contributed by atoms with E-state index in [0.717, 1.165) is 6.42 Å². The number of sulfonamides is 1. The van der Waals surface area contributed by atoms with Crippen LogP contribution in [0, 0.1) is 12.8 Å². The average Bonchev–Trinajstić information content (AvgIpc) is 2.41. The van der Waals surface area contributed by atoms with E-state index in [1.807, 2.05) is 6.92 Å². The maximum atomic E-state index is 12.4. The number of ether oxygens (including phenoxy) is 1. The molecule has 0 spiro atoms. The predicted molar refractivity (Wildman–Crippen MR) is 80.2 cm³/mol. The molecule has 1 fully saturated rings. The largest absolute Gasteiger partial charge is 0.381 e. The second-order valence-electron chi connectivity index (χ2n) is 5.68. The first-order valence-corrected chi connectivity index (χ1v) is 8.46. The third-order valence-electron chi connectivity index (χ3n) is 3.91. The molecular formula is C15H23NO3S. The van der Waals surface area contributed by atoms with Gasteiger partial charge in [-0.3, -0.25) is 0 Å². The Hall–Kier alpha value is -0.910. The van der Waals surface area contributed by atoms with Crippen molar-refractivity contribution in [2.24, 2.45) is 5.92 Å². The summed E-state index contributed by atoms with van der Waals surface area (Å²) in [6.45, 7) is 3.10. The van der Waals surface area contributed by atoms with Crippen molar-refractivity contribution in [1.29, 1.82) is 0 Å². The number of hydrogen-bond acceptors (Lipinski definition) is 3. The number of benzene rings is 1. The molecule has 0 aromatic heterocycles. The van der Waals surface area contributed by atoms with E-state index in [0.29, 0.717) is 19.6 Å². The van der Waals surface area contributed by atoms with Gasteiger partial charge in [-0.25, -0.2) is 12.7 Å². The Morgan fingerprint density at radius 1 is 1.25 bits per heavy atom. The lowest BCUT2D eigenvalue weighted by Crippen LogP contribution is -2.44. The highest BCUT2D eigenvalue weighted by atomic mass is 32.2. The molecule has 0 N–H and O–H groups in total. The molecule has 0 unspecified atom stereocenters. The fourth-order valence-electron chi connectivity index (χ4n) is 2.66. The van der Waals surface area contributed by atoms with Crippen molar-refractivity contribution in [1.82, 2.24) is 4.31 Å². The highest BCUT2D eigenvalue weighted by Crippen LogP contribution is 2.27. The van der Waals surface area contributed by atoms with Crippen LogP contribution in [0.15, 0.2) is 24.3 Å². The smallest absolute Gasteiger partial charge is 0.216 e. The standard InChI is InChI=1S/C15H23NO3S/c1-12-4-6-13(7-5-12)10-14-11-19-9-8-15(14)20(17,18)16(2)3/h4-7,14-15H,8-11H2,1-3H3/t14-,15-/m0/s1. The maximum absolute atomic E-state index is 12.4. The van der Waals surface area contributed by atoms with E-state index in [1.165, 1.54) is 15.4 Å². The summed E-state index contributed by atoms with van der Waals surface area (Å²) in [5, 5.41) is -0.340. The van der Waals surface area contributed by atoms with Crippen molar-refractivity contribution in [3.63, 3.8) is 0 Å². The van der Waals surface area contributed by atoms with E-state index in [9.17, 15) is 8.42 Å². The Kier molecular flexibility index (Phi) is 4.83. The number of rotatable bonds is 4. The molecule has 0 aliphatic carbocycles. The fourth-order valence-corrected chi connectivity index (χ4v) is 4.25. The second-order valence-corrected chi connectivity index (χ2v) is 8.04. The average molecular weight is 297 g/mol. The predicted octanol–water partition coefficient (Wildman–Crippen LogP) is 1.83. The Morgan fingerprint density at radius 3 is 2.50 bits per heavy atom. The van der Waals surface area contributed by atoms with Crippen molar-refractivity contribution in [3.05, 3.63) is 35.4 Å². The molecule has 0 saturated carbocycles. The van der Waals surface area contributed by atoms with Crippen LogP contribution >= 0.6 is 0 Å². The van der Waals surface area contributed by atoms with Crippen molar-refractivity contribution in [2.45, 2.75) is 25.0 Å². The van der Waals surface area contributed by atoms with E-state index in [-0.39, 0.29) is 11.2 Å². The molecule has 1 aliphatic rings. The summed E-state index contributed by atoms with van der Waals surface area (Å²) < 4.78 is 31.7. The van der Waals surface area contributed by atoms with Gasteiger partial charge in [0.2, 0.25) is 10.0 Å². The molecule has 2 atom stereocenters. The van der Waals surface area contributed by atoms with Crippen LogP contribution in [0.1, 0.15) is 17.5 Å². The van der Waals surface area contributed by atoms with Crippen LogP contribution in [-0.4, -0.2) is 45.3 Å². The van der Waals surface area contributed by atoms with Crippen LogP contribution in [0.3, 0.4) is 0 Å². The second kappa shape index (κ2) is 6.24. The summed E-state index contributed by atoms with van der Waals surface area (Å²) in [5.74, 6) is 0.0267. The monoisotopic (exact) mass is 297 g/mol.